The zero-order valence-corrected chi connectivity index (χ0v) is 17.3. The standard InChI is InChI=1S/C19H25ClN2O5S/c20-17-6-5-15(28(24,25)22-8-1-2-9-22)12-16(17)18(23)21-7-3-4-14(13-21)19-26-10-11-27-19/h5-6,12,14,19H,1-4,7-11,13H2. The highest BCUT2D eigenvalue weighted by molar-refractivity contribution is 7.89. The molecule has 9 heteroatoms. The van der Waals surface area contributed by atoms with Gasteiger partial charge in [0.05, 0.1) is 28.7 Å². The first kappa shape index (κ1) is 20.1. The molecule has 1 aromatic carbocycles. The topological polar surface area (TPSA) is 76.2 Å². The lowest BCUT2D eigenvalue weighted by Crippen LogP contribution is -2.44. The normalized spacial score (nSPS) is 24.8. The van der Waals surface area contributed by atoms with E-state index in [9.17, 15) is 13.2 Å². The maximum Gasteiger partial charge on any atom is 0.255 e. The number of hydrogen-bond acceptors (Lipinski definition) is 5. The molecule has 3 heterocycles. The lowest BCUT2D eigenvalue weighted by Gasteiger charge is -2.35. The van der Waals surface area contributed by atoms with Crippen molar-refractivity contribution in [1.82, 2.24) is 9.21 Å². The molecule has 154 valence electrons. The Morgan fingerprint density at radius 2 is 1.79 bits per heavy atom. The Labute approximate surface area is 170 Å². The Bertz CT molecular complexity index is 835. The van der Waals surface area contributed by atoms with E-state index < -0.39 is 10.0 Å². The first-order valence-corrected chi connectivity index (χ1v) is 11.6. The first-order chi connectivity index (χ1) is 13.5. The quantitative estimate of drug-likeness (QED) is 0.735. The lowest BCUT2D eigenvalue weighted by molar-refractivity contribution is -0.0969. The van der Waals surface area contributed by atoms with Gasteiger partial charge in [-0.1, -0.05) is 11.6 Å². The van der Waals surface area contributed by atoms with Gasteiger partial charge >= 0.3 is 0 Å². The molecule has 0 spiro atoms. The molecule has 3 aliphatic heterocycles. The Hall–Kier alpha value is -1.19. The van der Waals surface area contributed by atoms with Crippen molar-refractivity contribution < 1.29 is 22.7 Å². The third-order valence-electron chi connectivity index (χ3n) is 5.65. The van der Waals surface area contributed by atoms with E-state index in [4.69, 9.17) is 21.1 Å². The SMILES string of the molecule is O=C(c1cc(S(=O)(=O)N2CCCC2)ccc1Cl)N1CCCC(C2OCCO2)C1. The zero-order chi connectivity index (χ0) is 19.7. The zero-order valence-electron chi connectivity index (χ0n) is 15.7. The monoisotopic (exact) mass is 428 g/mol. The number of amides is 1. The highest BCUT2D eigenvalue weighted by Crippen LogP contribution is 2.29. The summed E-state index contributed by atoms with van der Waals surface area (Å²) in [6, 6.07) is 4.40. The number of ether oxygens (including phenoxy) is 2. The van der Waals surface area contributed by atoms with Crippen LogP contribution in [-0.4, -0.2) is 69.2 Å². The van der Waals surface area contributed by atoms with Gasteiger partial charge in [-0.05, 0) is 43.9 Å². The van der Waals surface area contributed by atoms with E-state index in [0.717, 1.165) is 25.7 Å². The highest BCUT2D eigenvalue weighted by atomic mass is 35.5. The molecule has 1 unspecified atom stereocenters. The molecular weight excluding hydrogens is 404 g/mol. The van der Waals surface area contributed by atoms with Gasteiger partial charge in [0, 0.05) is 32.1 Å². The average Bonchev–Trinajstić information content (AvgIpc) is 3.42. The lowest BCUT2D eigenvalue weighted by atomic mass is 9.96. The van der Waals surface area contributed by atoms with E-state index in [2.05, 4.69) is 0 Å². The second-order valence-electron chi connectivity index (χ2n) is 7.52. The predicted molar refractivity (Wildman–Crippen MR) is 104 cm³/mol. The fourth-order valence-corrected chi connectivity index (χ4v) is 5.88. The van der Waals surface area contributed by atoms with Gasteiger partial charge in [0.25, 0.3) is 5.91 Å². The molecular formula is C19H25ClN2O5S. The molecule has 7 nitrogen and oxygen atoms in total. The van der Waals surface area contributed by atoms with Crippen LogP contribution in [0.25, 0.3) is 0 Å². The Morgan fingerprint density at radius 1 is 1.07 bits per heavy atom. The van der Waals surface area contributed by atoms with Gasteiger partial charge in [-0.2, -0.15) is 4.31 Å². The molecule has 3 fully saturated rings. The largest absolute Gasteiger partial charge is 0.350 e. The van der Waals surface area contributed by atoms with E-state index in [-0.39, 0.29) is 33.6 Å². The third-order valence-corrected chi connectivity index (χ3v) is 7.87. The molecule has 3 aliphatic rings. The number of hydrogen-bond donors (Lipinski definition) is 0. The smallest absolute Gasteiger partial charge is 0.255 e. The van der Waals surface area contributed by atoms with E-state index in [1.165, 1.54) is 22.5 Å². The van der Waals surface area contributed by atoms with Crippen molar-refractivity contribution in [2.24, 2.45) is 5.92 Å². The van der Waals surface area contributed by atoms with Gasteiger partial charge in [0.1, 0.15) is 0 Å². The Balaban J connectivity index is 1.55. The number of nitrogens with zero attached hydrogens (tertiary/aromatic N) is 2. The fraction of sp³-hybridized carbons (Fsp3) is 0.632. The number of carbonyl (C=O) groups is 1. The van der Waals surface area contributed by atoms with Crippen LogP contribution in [0.3, 0.4) is 0 Å². The van der Waals surface area contributed by atoms with Crippen LogP contribution in [0.2, 0.25) is 5.02 Å². The van der Waals surface area contributed by atoms with Gasteiger partial charge in [0.2, 0.25) is 10.0 Å². The van der Waals surface area contributed by atoms with Crippen molar-refractivity contribution in [2.45, 2.75) is 36.9 Å². The Kier molecular flexibility index (Phi) is 5.94. The Morgan fingerprint density at radius 3 is 2.50 bits per heavy atom. The molecule has 0 radical (unpaired) electrons. The summed E-state index contributed by atoms with van der Waals surface area (Å²) >= 11 is 6.28. The van der Waals surface area contributed by atoms with Crippen LogP contribution >= 0.6 is 11.6 Å². The second-order valence-corrected chi connectivity index (χ2v) is 9.86. The van der Waals surface area contributed by atoms with Crippen LogP contribution in [0.5, 0.6) is 0 Å². The van der Waals surface area contributed by atoms with Crippen molar-refractivity contribution in [3.05, 3.63) is 28.8 Å². The first-order valence-electron chi connectivity index (χ1n) is 9.79. The molecule has 0 bridgehead atoms. The molecule has 1 atom stereocenters. The number of carbonyl (C=O) groups excluding carboxylic acids is 1. The molecule has 4 rings (SSSR count). The van der Waals surface area contributed by atoms with Crippen LogP contribution in [0.1, 0.15) is 36.0 Å². The summed E-state index contributed by atoms with van der Waals surface area (Å²) in [5.41, 5.74) is 0.232. The summed E-state index contributed by atoms with van der Waals surface area (Å²) in [6.45, 7) is 3.33. The van der Waals surface area contributed by atoms with E-state index in [1.807, 2.05) is 0 Å². The fourth-order valence-electron chi connectivity index (χ4n) is 4.14. The molecule has 0 aromatic heterocycles. The van der Waals surface area contributed by atoms with Gasteiger partial charge in [-0.3, -0.25) is 4.79 Å². The predicted octanol–water partition coefficient (Wildman–Crippen LogP) is 2.35. The number of likely N-dealkylation sites (tertiary alicyclic amines) is 1. The number of halogens is 1. The maximum atomic E-state index is 13.1. The average molecular weight is 429 g/mol. The maximum absolute atomic E-state index is 13.1. The summed E-state index contributed by atoms with van der Waals surface area (Å²) < 4.78 is 38.4. The van der Waals surface area contributed by atoms with Crippen molar-refractivity contribution in [3.8, 4) is 0 Å². The number of piperidine rings is 1. The third kappa shape index (κ3) is 3.93. The molecule has 0 N–H and O–H groups in total. The van der Waals surface area contributed by atoms with Crippen LogP contribution in [0, 0.1) is 5.92 Å². The molecule has 3 saturated heterocycles. The van der Waals surface area contributed by atoms with E-state index in [0.29, 0.717) is 39.4 Å². The van der Waals surface area contributed by atoms with E-state index >= 15 is 0 Å². The second kappa shape index (κ2) is 8.28. The number of benzene rings is 1. The summed E-state index contributed by atoms with van der Waals surface area (Å²) in [5, 5.41) is 0.265. The van der Waals surface area contributed by atoms with Gasteiger partial charge < -0.3 is 14.4 Å². The minimum atomic E-state index is -3.60. The van der Waals surface area contributed by atoms with Crippen LogP contribution in [0.15, 0.2) is 23.1 Å². The molecule has 1 amide bonds. The summed E-state index contributed by atoms with van der Waals surface area (Å²) in [7, 11) is -3.60. The summed E-state index contributed by atoms with van der Waals surface area (Å²) in [4.78, 5) is 15.0. The van der Waals surface area contributed by atoms with Crippen molar-refractivity contribution in [2.75, 3.05) is 39.4 Å². The van der Waals surface area contributed by atoms with Crippen molar-refractivity contribution in [3.63, 3.8) is 0 Å². The van der Waals surface area contributed by atoms with Crippen LogP contribution in [-0.2, 0) is 19.5 Å². The van der Waals surface area contributed by atoms with Gasteiger partial charge in [0.15, 0.2) is 6.29 Å². The summed E-state index contributed by atoms with van der Waals surface area (Å²) in [5.74, 6) is -0.123. The number of rotatable bonds is 4. The highest BCUT2D eigenvalue weighted by Gasteiger charge is 2.34. The minimum Gasteiger partial charge on any atom is -0.350 e. The van der Waals surface area contributed by atoms with Gasteiger partial charge in [-0.25, -0.2) is 8.42 Å². The number of sulfonamides is 1. The van der Waals surface area contributed by atoms with Crippen LogP contribution < -0.4 is 0 Å². The minimum absolute atomic E-state index is 0.121. The molecule has 28 heavy (non-hydrogen) atoms. The molecule has 1 aromatic rings. The molecule has 0 saturated carbocycles. The summed E-state index contributed by atoms with van der Waals surface area (Å²) in [6.07, 6.45) is 3.24. The van der Waals surface area contributed by atoms with Crippen molar-refractivity contribution in [1.29, 1.82) is 0 Å². The van der Waals surface area contributed by atoms with Crippen molar-refractivity contribution >= 4 is 27.5 Å². The van der Waals surface area contributed by atoms with E-state index in [1.54, 1.807) is 4.90 Å². The molecule has 0 aliphatic carbocycles. The van der Waals surface area contributed by atoms with Gasteiger partial charge in [-0.15, -0.1) is 0 Å². The van der Waals surface area contributed by atoms with Crippen LogP contribution in [0.4, 0.5) is 0 Å².